The molecule has 1 aromatic carbocycles. The molecule has 2 aromatic rings. The van der Waals surface area contributed by atoms with Gasteiger partial charge in [-0.3, -0.25) is 0 Å². The molecule has 1 aliphatic rings. The molecule has 3 rings (SSSR count). The lowest BCUT2D eigenvalue weighted by atomic mass is 9.81. The first-order valence-corrected chi connectivity index (χ1v) is 8.86. The van der Waals surface area contributed by atoms with E-state index in [1.165, 1.54) is 54.3 Å². The summed E-state index contributed by atoms with van der Waals surface area (Å²) in [7, 11) is 0. The topological polar surface area (TPSA) is 12.0 Å². The first kappa shape index (κ1) is 14.1. The number of nitrogens with one attached hydrogen (secondary N) is 1. The van der Waals surface area contributed by atoms with Crippen molar-refractivity contribution in [3.8, 4) is 0 Å². The van der Waals surface area contributed by atoms with Crippen LogP contribution in [0.5, 0.6) is 0 Å². The Morgan fingerprint density at radius 1 is 1.15 bits per heavy atom. The fourth-order valence-corrected chi connectivity index (χ4v) is 4.28. The Bertz CT molecular complexity index is 537. The molecule has 0 saturated heterocycles. The van der Waals surface area contributed by atoms with Crippen molar-refractivity contribution in [3.63, 3.8) is 0 Å². The summed E-state index contributed by atoms with van der Waals surface area (Å²) in [6.07, 6.45) is 7.14. The molecule has 2 heteroatoms. The Hall–Kier alpha value is -0.860. The molecule has 1 aliphatic carbocycles. The van der Waals surface area contributed by atoms with E-state index in [2.05, 4.69) is 41.9 Å². The van der Waals surface area contributed by atoms with Crippen LogP contribution in [0.15, 0.2) is 29.6 Å². The van der Waals surface area contributed by atoms with Crippen molar-refractivity contribution < 1.29 is 0 Å². The Kier molecular flexibility index (Phi) is 4.74. The summed E-state index contributed by atoms with van der Waals surface area (Å²) in [5, 5.41) is 7.38. The van der Waals surface area contributed by atoms with Gasteiger partial charge in [-0.1, -0.05) is 50.8 Å². The van der Waals surface area contributed by atoms with Gasteiger partial charge in [0, 0.05) is 11.2 Å². The molecule has 20 heavy (non-hydrogen) atoms. The first-order chi connectivity index (χ1) is 9.83. The molecule has 0 spiro atoms. The second-order valence-electron chi connectivity index (χ2n) is 6.35. The minimum Gasteiger partial charge on any atom is -0.313 e. The van der Waals surface area contributed by atoms with E-state index >= 15 is 0 Å². The van der Waals surface area contributed by atoms with Crippen molar-refractivity contribution in [2.24, 2.45) is 11.8 Å². The average molecular weight is 287 g/mol. The second kappa shape index (κ2) is 6.73. The molecule has 1 aromatic heterocycles. The third kappa shape index (κ3) is 3.42. The number of thiophene rings is 1. The predicted molar refractivity (Wildman–Crippen MR) is 89.3 cm³/mol. The maximum Gasteiger partial charge on any atom is 0.0346 e. The van der Waals surface area contributed by atoms with E-state index in [9.17, 15) is 0 Å². The highest BCUT2D eigenvalue weighted by Crippen LogP contribution is 2.30. The van der Waals surface area contributed by atoms with E-state index in [0.717, 1.165) is 18.4 Å². The Morgan fingerprint density at radius 2 is 1.95 bits per heavy atom. The van der Waals surface area contributed by atoms with Gasteiger partial charge in [-0.2, -0.15) is 0 Å². The molecule has 1 N–H and O–H groups in total. The lowest BCUT2D eigenvalue weighted by Crippen LogP contribution is -2.20. The molecular formula is C18H25NS. The van der Waals surface area contributed by atoms with Crippen molar-refractivity contribution >= 4 is 21.4 Å². The fourth-order valence-electron chi connectivity index (χ4n) is 3.32. The van der Waals surface area contributed by atoms with E-state index in [4.69, 9.17) is 0 Å². The normalized spacial score (nSPS) is 23.2. The molecule has 1 fully saturated rings. The van der Waals surface area contributed by atoms with Gasteiger partial charge < -0.3 is 5.32 Å². The van der Waals surface area contributed by atoms with E-state index in [0.29, 0.717) is 0 Å². The van der Waals surface area contributed by atoms with Crippen molar-refractivity contribution in [1.82, 2.24) is 5.32 Å². The zero-order valence-electron chi connectivity index (χ0n) is 12.4. The minimum absolute atomic E-state index is 0.969. The van der Waals surface area contributed by atoms with Gasteiger partial charge in [0.15, 0.2) is 0 Å². The Morgan fingerprint density at radius 3 is 2.80 bits per heavy atom. The van der Waals surface area contributed by atoms with E-state index < -0.39 is 0 Å². The molecule has 1 nitrogen and oxygen atoms in total. The lowest BCUT2D eigenvalue weighted by Gasteiger charge is -2.26. The summed E-state index contributed by atoms with van der Waals surface area (Å²) >= 11 is 1.86. The molecule has 0 atom stereocenters. The SMILES string of the molecule is CC1CCC(CCNCc2csc3ccccc23)CC1. The van der Waals surface area contributed by atoms with Gasteiger partial charge in [-0.15, -0.1) is 11.3 Å². The van der Waals surface area contributed by atoms with E-state index in [1.807, 2.05) is 11.3 Å². The maximum atomic E-state index is 3.65. The highest BCUT2D eigenvalue weighted by molar-refractivity contribution is 7.17. The number of fused-ring (bicyclic) bond motifs is 1. The molecule has 1 heterocycles. The molecule has 1 saturated carbocycles. The van der Waals surface area contributed by atoms with Crippen LogP contribution in [-0.4, -0.2) is 6.54 Å². The van der Waals surface area contributed by atoms with Crippen LogP contribution in [-0.2, 0) is 6.54 Å². The summed E-state index contributed by atoms with van der Waals surface area (Å²) in [5.74, 6) is 1.94. The van der Waals surface area contributed by atoms with Crippen LogP contribution in [0.4, 0.5) is 0 Å². The summed E-state index contributed by atoms with van der Waals surface area (Å²) < 4.78 is 1.41. The Labute approximate surface area is 126 Å². The summed E-state index contributed by atoms with van der Waals surface area (Å²) in [6.45, 7) is 4.59. The monoisotopic (exact) mass is 287 g/mol. The number of benzene rings is 1. The van der Waals surface area contributed by atoms with Gasteiger partial charge in [-0.25, -0.2) is 0 Å². The van der Waals surface area contributed by atoms with Crippen molar-refractivity contribution in [2.75, 3.05) is 6.54 Å². The van der Waals surface area contributed by atoms with E-state index in [-0.39, 0.29) is 0 Å². The maximum absolute atomic E-state index is 3.65. The second-order valence-corrected chi connectivity index (χ2v) is 7.26. The largest absolute Gasteiger partial charge is 0.313 e. The lowest BCUT2D eigenvalue weighted by molar-refractivity contribution is 0.275. The number of hydrogen-bond acceptors (Lipinski definition) is 2. The molecule has 0 amide bonds. The van der Waals surface area contributed by atoms with E-state index in [1.54, 1.807) is 0 Å². The number of hydrogen-bond donors (Lipinski definition) is 1. The number of rotatable bonds is 5. The van der Waals surface area contributed by atoms with Gasteiger partial charge in [0.25, 0.3) is 0 Å². The van der Waals surface area contributed by atoms with Crippen molar-refractivity contribution in [1.29, 1.82) is 0 Å². The standard InChI is InChI=1S/C18H25NS/c1-14-6-8-15(9-7-14)10-11-19-12-16-13-20-18-5-3-2-4-17(16)18/h2-5,13-15,19H,6-12H2,1H3. The smallest absolute Gasteiger partial charge is 0.0346 e. The van der Waals surface area contributed by atoms with Gasteiger partial charge >= 0.3 is 0 Å². The molecule has 0 unspecified atom stereocenters. The molecule has 0 aliphatic heterocycles. The van der Waals surface area contributed by atoms with Crippen LogP contribution < -0.4 is 5.32 Å². The fraction of sp³-hybridized carbons (Fsp3) is 0.556. The van der Waals surface area contributed by atoms with Crippen LogP contribution in [0.1, 0.15) is 44.6 Å². The van der Waals surface area contributed by atoms with Gasteiger partial charge in [-0.05, 0) is 47.2 Å². The zero-order chi connectivity index (χ0) is 13.8. The van der Waals surface area contributed by atoms with Crippen molar-refractivity contribution in [2.45, 2.75) is 45.6 Å². The summed E-state index contributed by atoms with van der Waals surface area (Å²) in [6, 6.07) is 8.72. The molecule has 108 valence electrons. The quantitative estimate of drug-likeness (QED) is 0.745. The van der Waals surface area contributed by atoms with Crippen LogP contribution in [0, 0.1) is 11.8 Å². The Balaban J connectivity index is 1.44. The van der Waals surface area contributed by atoms with Crippen LogP contribution in [0.25, 0.3) is 10.1 Å². The minimum atomic E-state index is 0.969. The van der Waals surface area contributed by atoms with Gasteiger partial charge in [0.2, 0.25) is 0 Å². The van der Waals surface area contributed by atoms with Gasteiger partial charge in [0.1, 0.15) is 0 Å². The highest BCUT2D eigenvalue weighted by atomic mass is 32.1. The predicted octanol–water partition coefficient (Wildman–Crippen LogP) is 5.21. The highest BCUT2D eigenvalue weighted by Gasteiger charge is 2.17. The average Bonchev–Trinajstić information content (AvgIpc) is 2.89. The first-order valence-electron chi connectivity index (χ1n) is 7.99. The third-order valence-electron chi connectivity index (χ3n) is 4.74. The van der Waals surface area contributed by atoms with Crippen LogP contribution in [0.3, 0.4) is 0 Å². The van der Waals surface area contributed by atoms with Gasteiger partial charge in [0.05, 0.1) is 0 Å². The van der Waals surface area contributed by atoms with Crippen molar-refractivity contribution in [3.05, 3.63) is 35.2 Å². The summed E-state index contributed by atoms with van der Waals surface area (Å²) in [4.78, 5) is 0. The van der Waals surface area contributed by atoms with Crippen LogP contribution >= 0.6 is 11.3 Å². The third-order valence-corrected chi connectivity index (χ3v) is 5.75. The molecule has 0 bridgehead atoms. The molecule has 0 radical (unpaired) electrons. The summed E-state index contributed by atoms with van der Waals surface area (Å²) in [5.41, 5.74) is 1.46. The zero-order valence-corrected chi connectivity index (χ0v) is 13.2. The molecular weight excluding hydrogens is 262 g/mol. The van der Waals surface area contributed by atoms with Crippen LogP contribution in [0.2, 0.25) is 0 Å².